The number of nitro groups is 1. The SMILES string of the molecule is COc1cc(Cl)c(C(C)=O)c([N+](=O)[O-])c1. The summed E-state index contributed by atoms with van der Waals surface area (Å²) < 4.78 is 4.82. The number of rotatable bonds is 3. The van der Waals surface area contributed by atoms with Crippen molar-refractivity contribution in [2.24, 2.45) is 0 Å². The highest BCUT2D eigenvalue weighted by molar-refractivity contribution is 6.34. The molecule has 0 aliphatic carbocycles. The first-order valence-corrected chi connectivity index (χ1v) is 4.38. The Morgan fingerprint density at radius 1 is 1.53 bits per heavy atom. The van der Waals surface area contributed by atoms with Crippen LogP contribution in [0.2, 0.25) is 5.02 Å². The summed E-state index contributed by atoms with van der Waals surface area (Å²) in [6, 6.07) is 2.54. The third kappa shape index (κ3) is 2.24. The molecule has 15 heavy (non-hydrogen) atoms. The van der Waals surface area contributed by atoms with Gasteiger partial charge in [0.25, 0.3) is 5.69 Å². The van der Waals surface area contributed by atoms with Crippen LogP contribution in [0.15, 0.2) is 12.1 Å². The predicted molar refractivity (Wildman–Crippen MR) is 54.7 cm³/mol. The normalized spacial score (nSPS) is 9.80. The van der Waals surface area contributed by atoms with Crippen LogP contribution >= 0.6 is 11.6 Å². The van der Waals surface area contributed by atoms with Crippen molar-refractivity contribution < 1.29 is 14.5 Å². The van der Waals surface area contributed by atoms with Gasteiger partial charge in [0, 0.05) is 0 Å². The minimum absolute atomic E-state index is 0.0218. The summed E-state index contributed by atoms with van der Waals surface area (Å²) in [6.45, 7) is 1.22. The standard InChI is InChI=1S/C9H8ClNO4/c1-5(12)9-7(10)3-6(15-2)4-8(9)11(13)14/h3-4H,1-2H3. The Morgan fingerprint density at radius 3 is 2.53 bits per heavy atom. The second-order valence-electron chi connectivity index (χ2n) is 2.82. The molecular weight excluding hydrogens is 222 g/mol. The van der Waals surface area contributed by atoms with Gasteiger partial charge in [-0.1, -0.05) is 11.6 Å². The number of Topliss-reactive ketones (excluding diaryl/α,β-unsaturated/α-hetero) is 1. The minimum Gasteiger partial charge on any atom is -0.496 e. The Bertz CT molecular complexity index is 430. The first-order chi connectivity index (χ1) is 6.97. The highest BCUT2D eigenvalue weighted by atomic mass is 35.5. The van der Waals surface area contributed by atoms with E-state index in [1.807, 2.05) is 0 Å². The Labute approximate surface area is 90.8 Å². The van der Waals surface area contributed by atoms with E-state index < -0.39 is 10.7 Å². The zero-order chi connectivity index (χ0) is 11.6. The molecule has 0 aliphatic heterocycles. The van der Waals surface area contributed by atoms with Gasteiger partial charge in [-0.15, -0.1) is 0 Å². The van der Waals surface area contributed by atoms with Crippen molar-refractivity contribution in [1.82, 2.24) is 0 Å². The monoisotopic (exact) mass is 229 g/mol. The van der Waals surface area contributed by atoms with Crippen LogP contribution in [0.25, 0.3) is 0 Å². The molecule has 0 saturated carbocycles. The molecule has 0 unspecified atom stereocenters. The summed E-state index contributed by atoms with van der Waals surface area (Å²) in [5, 5.41) is 10.7. The van der Waals surface area contributed by atoms with E-state index >= 15 is 0 Å². The number of methoxy groups -OCH3 is 1. The van der Waals surface area contributed by atoms with Gasteiger partial charge in [-0.2, -0.15) is 0 Å². The molecule has 0 amide bonds. The van der Waals surface area contributed by atoms with E-state index in [1.54, 1.807) is 0 Å². The number of hydrogen-bond donors (Lipinski definition) is 0. The molecule has 6 heteroatoms. The fourth-order valence-electron chi connectivity index (χ4n) is 1.18. The summed E-state index contributed by atoms with van der Waals surface area (Å²) >= 11 is 5.75. The summed E-state index contributed by atoms with van der Waals surface area (Å²) in [6.07, 6.45) is 0. The van der Waals surface area contributed by atoms with Gasteiger partial charge in [0.15, 0.2) is 5.78 Å². The number of ether oxygens (including phenoxy) is 1. The van der Waals surface area contributed by atoms with Gasteiger partial charge in [-0.05, 0) is 13.0 Å². The van der Waals surface area contributed by atoms with E-state index in [0.717, 1.165) is 0 Å². The van der Waals surface area contributed by atoms with Crippen molar-refractivity contribution >= 4 is 23.1 Å². The average molecular weight is 230 g/mol. The van der Waals surface area contributed by atoms with Crippen LogP contribution in [0.3, 0.4) is 0 Å². The lowest BCUT2D eigenvalue weighted by molar-refractivity contribution is -0.385. The first-order valence-electron chi connectivity index (χ1n) is 4.00. The first kappa shape index (κ1) is 11.5. The molecule has 0 bridgehead atoms. The lowest BCUT2D eigenvalue weighted by Gasteiger charge is -2.05. The van der Waals surface area contributed by atoms with Crippen molar-refractivity contribution in [3.63, 3.8) is 0 Å². The lowest BCUT2D eigenvalue weighted by atomic mass is 10.1. The highest BCUT2D eigenvalue weighted by Crippen LogP contribution is 2.32. The molecule has 0 N–H and O–H groups in total. The summed E-state index contributed by atoms with van der Waals surface area (Å²) in [7, 11) is 1.36. The van der Waals surface area contributed by atoms with E-state index in [9.17, 15) is 14.9 Å². The molecule has 0 radical (unpaired) electrons. The average Bonchev–Trinajstić information content (AvgIpc) is 2.15. The number of hydrogen-bond acceptors (Lipinski definition) is 4. The molecule has 1 rings (SSSR count). The minimum atomic E-state index is -0.662. The number of nitro benzene ring substituents is 1. The summed E-state index contributed by atoms with van der Waals surface area (Å²) in [5.74, 6) is -0.203. The van der Waals surface area contributed by atoms with Crippen LogP contribution in [-0.4, -0.2) is 17.8 Å². The van der Waals surface area contributed by atoms with E-state index in [-0.39, 0.29) is 22.0 Å². The third-order valence-electron chi connectivity index (χ3n) is 1.83. The van der Waals surface area contributed by atoms with Crippen LogP contribution in [0.4, 0.5) is 5.69 Å². The number of carbonyl (C=O) groups excluding carboxylic acids is 1. The number of benzene rings is 1. The maximum Gasteiger partial charge on any atom is 0.285 e. The Balaban J connectivity index is 3.49. The number of carbonyl (C=O) groups is 1. The molecule has 1 aromatic rings. The van der Waals surface area contributed by atoms with Gasteiger partial charge in [0.05, 0.1) is 23.1 Å². The van der Waals surface area contributed by atoms with Gasteiger partial charge in [-0.3, -0.25) is 14.9 Å². The zero-order valence-corrected chi connectivity index (χ0v) is 8.87. The number of ketones is 1. The van der Waals surface area contributed by atoms with Crippen molar-refractivity contribution in [2.75, 3.05) is 7.11 Å². The maximum absolute atomic E-state index is 11.2. The van der Waals surface area contributed by atoms with Crippen molar-refractivity contribution in [1.29, 1.82) is 0 Å². The molecular formula is C9H8ClNO4. The van der Waals surface area contributed by atoms with Crippen LogP contribution in [0.5, 0.6) is 5.75 Å². The second kappa shape index (κ2) is 4.27. The molecule has 80 valence electrons. The van der Waals surface area contributed by atoms with E-state index in [2.05, 4.69) is 0 Å². The molecule has 0 atom stereocenters. The largest absolute Gasteiger partial charge is 0.496 e. The van der Waals surface area contributed by atoms with Crippen LogP contribution in [0, 0.1) is 10.1 Å². The molecule has 5 nitrogen and oxygen atoms in total. The Hall–Kier alpha value is -1.62. The highest BCUT2D eigenvalue weighted by Gasteiger charge is 2.22. The summed E-state index contributed by atoms with van der Waals surface area (Å²) in [5.41, 5.74) is -0.436. The molecule has 1 aromatic carbocycles. The van der Waals surface area contributed by atoms with Crippen molar-refractivity contribution in [3.05, 3.63) is 32.8 Å². The predicted octanol–water partition coefficient (Wildman–Crippen LogP) is 2.46. The zero-order valence-electron chi connectivity index (χ0n) is 8.11. The fraction of sp³-hybridized carbons (Fsp3) is 0.222. The van der Waals surface area contributed by atoms with Gasteiger partial charge >= 0.3 is 0 Å². The smallest absolute Gasteiger partial charge is 0.285 e. The van der Waals surface area contributed by atoms with Crippen molar-refractivity contribution in [3.8, 4) is 5.75 Å². The van der Waals surface area contributed by atoms with Gasteiger partial charge < -0.3 is 4.74 Å². The topological polar surface area (TPSA) is 69.4 Å². The van der Waals surface area contributed by atoms with Crippen LogP contribution in [-0.2, 0) is 0 Å². The van der Waals surface area contributed by atoms with E-state index in [1.165, 1.54) is 26.2 Å². The molecule has 0 fully saturated rings. The third-order valence-corrected chi connectivity index (χ3v) is 2.13. The van der Waals surface area contributed by atoms with Gasteiger partial charge in [0.2, 0.25) is 0 Å². The number of nitrogens with zero attached hydrogens (tertiary/aromatic N) is 1. The van der Waals surface area contributed by atoms with E-state index in [0.29, 0.717) is 0 Å². The van der Waals surface area contributed by atoms with Crippen LogP contribution in [0.1, 0.15) is 17.3 Å². The molecule has 0 saturated heterocycles. The van der Waals surface area contributed by atoms with Gasteiger partial charge in [0.1, 0.15) is 11.3 Å². The van der Waals surface area contributed by atoms with Gasteiger partial charge in [-0.25, -0.2) is 0 Å². The van der Waals surface area contributed by atoms with Crippen molar-refractivity contribution in [2.45, 2.75) is 6.92 Å². The molecule has 0 heterocycles. The number of halogens is 1. The molecule has 0 aromatic heterocycles. The second-order valence-corrected chi connectivity index (χ2v) is 3.22. The van der Waals surface area contributed by atoms with E-state index in [4.69, 9.17) is 16.3 Å². The Morgan fingerprint density at radius 2 is 2.13 bits per heavy atom. The fourth-order valence-corrected chi connectivity index (χ4v) is 1.52. The quantitative estimate of drug-likeness (QED) is 0.454. The Kier molecular flexibility index (Phi) is 3.26. The lowest BCUT2D eigenvalue weighted by Crippen LogP contribution is -2.02. The molecule has 0 spiro atoms. The summed E-state index contributed by atoms with van der Waals surface area (Å²) in [4.78, 5) is 21.2. The maximum atomic E-state index is 11.2. The molecule has 0 aliphatic rings. The van der Waals surface area contributed by atoms with Crippen LogP contribution < -0.4 is 4.74 Å².